The summed E-state index contributed by atoms with van der Waals surface area (Å²) in [6, 6.07) is 6.16. The Morgan fingerprint density at radius 1 is 1.48 bits per heavy atom. The van der Waals surface area contributed by atoms with E-state index >= 15 is 0 Å². The summed E-state index contributed by atoms with van der Waals surface area (Å²) in [5, 5.41) is 3.60. The van der Waals surface area contributed by atoms with Crippen molar-refractivity contribution >= 4 is 27.5 Å². The molecule has 1 atom stereocenters. The number of nitrogens with zero attached hydrogens (tertiary/aromatic N) is 1. The van der Waals surface area contributed by atoms with Crippen LogP contribution >= 0.6 is 15.9 Å². The van der Waals surface area contributed by atoms with Crippen molar-refractivity contribution in [2.75, 3.05) is 24.5 Å². The minimum absolute atomic E-state index is 0.391. The smallest absolute Gasteiger partial charge is 0.248 e. The van der Waals surface area contributed by atoms with E-state index in [9.17, 15) is 4.79 Å². The van der Waals surface area contributed by atoms with Crippen LogP contribution in [0.25, 0.3) is 0 Å². The topological polar surface area (TPSA) is 58.4 Å². The van der Waals surface area contributed by atoms with Crippen LogP contribution in [-0.2, 0) is 0 Å². The average molecular weight is 354 g/mol. The molecule has 0 aromatic heterocycles. The molecule has 0 saturated carbocycles. The number of hydrogen-bond acceptors (Lipinski definition) is 3. The SMILES string of the molecule is CCCN(CC1CCCCN1)c1ccc(C(N)=O)cc1Br. The Labute approximate surface area is 135 Å². The molecule has 1 amide bonds. The van der Waals surface area contributed by atoms with Crippen LogP contribution in [0, 0.1) is 0 Å². The number of halogens is 1. The minimum Gasteiger partial charge on any atom is -0.369 e. The number of primary amides is 1. The van der Waals surface area contributed by atoms with E-state index in [1.54, 1.807) is 6.07 Å². The average Bonchev–Trinajstić information content (AvgIpc) is 2.48. The van der Waals surface area contributed by atoms with Crippen molar-refractivity contribution in [1.82, 2.24) is 5.32 Å². The lowest BCUT2D eigenvalue weighted by Crippen LogP contribution is -2.44. The molecule has 0 bridgehead atoms. The van der Waals surface area contributed by atoms with Crippen LogP contribution in [-0.4, -0.2) is 31.6 Å². The first-order valence-electron chi connectivity index (χ1n) is 7.69. The molecule has 21 heavy (non-hydrogen) atoms. The maximum absolute atomic E-state index is 11.3. The summed E-state index contributed by atoms with van der Waals surface area (Å²) >= 11 is 3.58. The highest BCUT2D eigenvalue weighted by atomic mass is 79.9. The third kappa shape index (κ3) is 4.45. The molecular weight excluding hydrogens is 330 g/mol. The van der Waals surface area contributed by atoms with Crippen LogP contribution in [0.1, 0.15) is 43.0 Å². The van der Waals surface area contributed by atoms with Gasteiger partial charge in [-0.25, -0.2) is 0 Å². The van der Waals surface area contributed by atoms with Crippen molar-refractivity contribution in [3.05, 3.63) is 28.2 Å². The number of carbonyl (C=O) groups is 1. The summed E-state index contributed by atoms with van der Waals surface area (Å²) in [4.78, 5) is 13.6. The van der Waals surface area contributed by atoms with Crippen LogP contribution in [0.15, 0.2) is 22.7 Å². The molecule has 3 N–H and O–H groups in total. The first-order valence-corrected chi connectivity index (χ1v) is 8.48. The van der Waals surface area contributed by atoms with E-state index in [0.717, 1.165) is 36.2 Å². The van der Waals surface area contributed by atoms with Gasteiger partial charge in [-0.3, -0.25) is 4.79 Å². The summed E-state index contributed by atoms with van der Waals surface area (Å²) in [6.07, 6.45) is 4.91. The van der Waals surface area contributed by atoms with Gasteiger partial charge in [-0.15, -0.1) is 0 Å². The van der Waals surface area contributed by atoms with Gasteiger partial charge in [0.05, 0.1) is 5.69 Å². The van der Waals surface area contributed by atoms with Crippen molar-refractivity contribution < 1.29 is 4.79 Å². The van der Waals surface area contributed by atoms with Crippen LogP contribution in [0.4, 0.5) is 5.69 Å². The zero-order valence-electron chi connectivity index (χ0n) is 12.6. The van der Waals surface area contributed by atoms with Crippen molar-refractivity contribution in [2.24, 2.45) is 5.73 Å². The van der Waals surface area contributed by atoms with E-state index in [2.05, 4.69) is 33.1 Å². The summed E-state index contributed by atoms with van der Waals surface area (Å²) in [6.45, 7) is 5.31. The van der Waals surface area contributed by atoms with E-state index < -0.39 is 5.91 Å². The molecule has 5 heteroatoms. The lowest BCUT2D eigenvalue weighted by atomic mass is 10.0. The highest BCUT2D eigenvalue weighted by molar-refractivity contribution is 9.10. The number of amides is 1. The van der Waals surface area contributed by atoms with Gasteiger partial charge in [-0.2, -0.15) is 0 Å². The van der Waals surface area contributed by atoms with Gasteiger partial charge in [0.1, 0.15) is 0 Å². The molecule has 1 aliphatic heterocycles. The summed E-state index contributed by atoms with van der Waals surface area (Å²) in [5.41, 5.74) is 7.01. The minimum atomic E-state index is -0.391. The molecule has 2 rings (SSSR count). The van der Waals surface area contributed by atoms with Crippen molar-refractivity contribution in [1.29, 1.82) is 0 Å². The van der Waals surface area contributed by atoms with Gasteiger partial charge in [-0.1, -0.05) is 13.3 Å². The fourth-order valence-electron chi connectivity index (χ4n) is 2.84. The summed E-state index contributed by atoms with van der Waals surface area (Å²) in [7, 11) is 0. The quantitative estimate of drug-likeness (QED) is 0.826. The molecule has 1 fully saturated rings. The van der Waals surface area contributed by atoms with Gasteiger partial charge < -0.3 is 16.0 Å². The highest BCUT2D eigenvalue weighted by Gasteiger charge is 2.18. The molecule has 1 unspecified atom stereocenters. The molecule has 1 saturated heterocycles. The van der Waals surface area contributed by atoms with Crippen LogP contribution in [0.2, 0.25) is 0 Å². The molecule has 0 spiro atoms. The Kier molecular flexibility index (Phi) is 6.06. The van der Waals surface area contributed by atoms with Crippen LogP contribution in [0.3, 0.4) is 0 Å². The van der Waals surface area contributed by atoms with Crippen molar-refractivity contribution in [3.8, 4) is 0 Å². The molecule has 4 nitrogen and oxygen atoms in total. The summed E-state index contributed by atoms with van der Waals surface area (Å²) < 4.78 is 0.933. The van der Waals surface area contributed by atoms with Crippen LogP contribution in [0.5, 0.6) is 0 Å². The Hall–Kier alpha value is -1.07. The van der Waals surface area contributed by atoms with Gasteiger partial charge in [-0.05, 0) is 59.9 Å². The standard InChI is InChI=1S/C16H24BrN3O/c1-2-9-20(11-13-5-3-4-8-19-13)15-7-6-12(16(18)21)10-14(15)17/h6-7,10,13,19H,2-5,8-9,11H2,1H3,(H2,18,21). The predicted octanol–water partition coefficient (Wildman–Crippen LogP) is 2.91. The normalized spacial score (nSPS) is 18.5. The second kappa shape index (κ2) is 7.80. The second-order valence-electron chi connectivity index (χ2n) is 5.62. The third-order valence-electron chi connectivity index (χ3n) is 3.92. The Bertz CT molecular complexity index is 486. The van der Waals surface area contributed by atoms with E-state index in [0.29, 0.717) is 11.6 Å². The lowest BCUT2D eigenvalue weighted by Gasteiger charge is -2.32. The lowest BCUT2D eigenvalue weighted by molar-refractivity contribution is 0.100. The zero-order chi connectivity index (χ0) is 15.2. The van der Waals surface area contributed by atoms with Gasteiger partial charge in [0.2, 0.25) is 5.91 Å². The van der Waals surface area contributed by atoms with E-state index in [4.69, 9.17) is 5.73 Å². The van der Waals surface area contributed by atoms with Gasteiger partial charge >= 0.3 is 0 Å². The monoisotopic (exact) mass is 353 g/mol. The molecule has 1 aromatic carbocycles. The molecule has 116 valence electrons. The Morgan fingerprint density at radius 3 is 2.86 bits per heavy atom. The maximum Gasteiger partial charge on any atom is 0.248 e. The molecule has 0 radical (unpaired) electrons. The van der Waals surface area contributed by atoms with Gasteiger partial charge in [0, 0.05) is 29.2 Å². The van der Waals surface area contributed by atoms with Gasteiger partial charge in [0.15, 0.2) is 0 Å². The second-order valence-corrected chi connectivity index (χ2v) is 6.48. The highest BCUT2D eigenvalue weighted by Crippen LogP contribution is 2.28. The zero-order valence-corrected chi connectivity index (χ0v) is 14.2. The van der Waals surface area contributed by atoms with Crippen LogP contribution < -0.4 is 16.0 Å². The fraction of sp³-hybridized carbons (Fsp3) is 0.562. The number of nitrogens with two attached hydrogens (primary N) is 1. The third-order valence-corrected chi connectivity index (χ3v) is 4.55. The van der Waals surface area contributed by atoms with Crippen molar-refractivity contribution in [3.63, 3.8) is 0 Å². The van der Waals surface area contributed by atoms with Crippen molar-refractivity contribution in [2.45, 2.75) is 38.6 Å². The molecule has 1 aromatic rings. The first kappa shape index (κ1) is 16.3. The molecule has 0 aliphatic carbocycles. The largest absolute Gasteiger partial charge is 0.369 e. The van der Waals surface area contributed by atoms with E-state index in [1.165, 1.54) is 19.3 Å². The van der Waals surface area contributed by atoms with E-state index in [1.807, 2.05) is 12.1 Å². The predicted molar refractivity (Wildman–Crippen MR) is 90.8 cm³/mol. The number of piperidine rings is 1. The molecule has 1 aliphatic rings. The molecular formula is C16H24BrN3O. The fourth-order valence-corrected chi connectivity index (χ4v) is 3.47. The number of anilines is 1. The maximum atomic E-state index is 11.3. The Morgan fingerprint density at radius 2 is 2.29 bits per heavy atom. The Balaban J connectivity index is 2.14. The van der Waals surface area contributed by atoms with E-state index in [-0.39, 0.29) is 0 Å². The number of carbonyl (C=O) groups excluding carboxylic acids is 1. The number of benzene rings is 1. The van der Waals surface area contributed by atoms with Gasteiger partial charge in [0.25, 0.3) is 0 Å². The number of hydrogen-bond donors (Lipinski definition) is 2. The number of nitrogens with one attached hydrogen (secondary N) is 1. The molecule has 1 heterocycles. The number of rotatable bonds is 6. The first-order chi connectivity index (χ1) is 10.1. The summed E-state index contributed by atoms with van der Waals surface area (Å²) in [5.74, 6) is -0.391.